The van der Waals surface area contributed by atoms with Crippen LogP contribution in [0.25, 0.3) is 11.0 Å². The smallest absolute Gasteiger partial charge is 0.258 e. The van der Waals surface area contributed by atoms with Gasteiger partial charge in [0, 0.05) is 11.0 Å². The minimum Gasteiger partial charge on any atom is -0.258 e. The first-order valence-electron chi connectivity index (χ1n) is 5.03. The largest absolute Gasteiger partial charge is 0.300 e. The van der Waals surface area contributed by atoms with Crippen molar-refractivity contribution in [1.29, 1.82) is 0 Å². The maximum Gasteiger partial charge on any atom is 0.300 e. The molecule has 0 fully saturated rings. The van der Waals surface area contributed by atoms with E-state index in [1.807, 2.05) is 6.92 Å². The van der Waals surface area contributed by atoms with Gasteiger partial charge in [0.1, 0.15) is 5.01 Å². The molecule has 0 spiro atoms. The summed E-state index contributed by atoms with van der Waals surface area (Å²) in [7, 11) is 0. The molecule has 0 aliphatic heterocycles. The normalized spacial score (nSPS) is 11.0. The highest BCUT2D eigenvalue weighted by Gasteiger charge is 2.20. The molecule has 0 aliphatic rings. The minimum atomic E-state index is -0.518. The highest BCUT2D eigenvalue weighted by molar-refractivity contribution is 8.01. The van der Waals surface area contributed by atoms with Crippen LogP contribution in [-0.2, 0) is 0 Å². The summed E-state index contributed by atoms with van der Waals surface area (Å²) < 4.78 is 5.32. The molecule has 0 amide bonds. The van der Waals surface area contributed by atoms with Gasteiger partial charge in [-0.05, 0) is 23.3 Å². The summed E-state index contributed by atoms with van der Waals surface area (Å²) in [4.78, 5) is 11.0. The number of nitro benzene ring substituents is 1. The lowest BCUT2D eigenvalue weighted by atomic mass is 10.3. The Morgan fingerprint density at radius 2 is 2.11 bits per heavy atom. The van der Waals surface area contributed by atoms with Crippen LogP contribution in [0.1, 0.15) is 5.01 Å². The fraction of sp³-hybridized carbons (Fsp3) is 0.111. The first-order valence-corrected chi connectivity index (χ1v) is 6.66. The molecular weight excluding hydrogens is 290 g/mol. The number of benzene rings is 1. The lowest BCUT2D eigenvalue weighted by Crippen LogP contribution is -1.90. The van der Waals surface area contributed by atoms with Gasteiger partial charge in [0.25, 0.3) is 0 Å². The van der Waals surface area contributed by atoms with Gasteiger partial charge in [0.2, 0.25) is 5.52 Å². The molecule has 0 N–H and O–H groups in total. The fourth-order valence-electron chi connectivity index (χ4n) is 1.47. The third-order valence-corrected chi connectivity index (χ3v) is 4.20. The predicted molar refractivity (Wildman–Crippen MR) is 67.2 cm³/mol. The van der Waals surface area contributed by atoms with Crippen LogP contribution in [0.5, 0.6) is 0 Å². The number of nitro groups is 1. The Morgan fingerprint density at radius 3 is 2.79 bits per heavy atom. The van der Waals surface area contributed by atoms with Crippen molar-refractivity contribution in [1.82, 2.24) is 20.5 Å². The maximum absolute atomic E-state index is 10.9. The van der Waals surface area contributed by atoms with Crippen molar-refractivity contribution < 1.29 is 9.55 Å². The van der Waals surface area contributed by atoms with Crippen molar-refractivity contribution in [3.05, 3.63) is 27.3 Å². The Morgan fingerprint density at radius 1 is 1.32 bits per heavy atom. The van der Waals surface area contributed by atoms with Gasteiger partial charge >= 0.3 is 5.69 Å². The highest BCUT2D eigenvalue weighted by Crippen LogP contribution is 2.36. The van der Waals surface area contributed by atoms with E-state index in [-0.39, 0.29) is 11.2 Å². The van der Waals surface area contributed by atoms with Gasteiger partial charge in [0.05, 0.1) is 4.92 Å². The van der Waals surface area contributed by atoms with Crippen molar-refractivity contribution in [2.75, 3.05) is 0 Å². The monoisotopic (exact) mass is 295 g/mol. The first-order chi connectivity index (χ1) is 9.15. The lowest BCUT2D eigenvalue weighted by Gasteiger charge is -1.97. The van der Waals surface area contributed by atoms with Crippen LogP contribution in [-0.4, -0.2) is 25.4 Å². The van der Waals surface area contributed by atoms with Crippen LogP contribution in [0.4, 0.5) is 5.69 Å². The molecule has 0 unspecified atom stereocenters. The summed E-state index contributed by atoms with van der Waals surface area (Å²) >= 11 is 2.76. The van der Waals surface area contributed by atoms with Crippen molar-refractivity contribution >= 4 is 39.8 Å². The van der Waals surface area contributed by atoms with Gasteiger partial charge in [0.15, 0.2) is 9.86 Å². The fourth-order valence-corrected chi connectivity index (χ4v) is 3.32. The molecule has 0 saturated carbocycles. The van der Waals surface area contributed by atoms with E-state index in [4.69, 9.17) is 0 Å². The zero-order valence-corrected chi connectivity index (χ0v) is 11.1. The minimum absolute atomic E-state index is 0.131. The zero-order valence-electron chi connectivity index (χ0n) is 9.43. The number of hydrogen-bond donors (Lipinski definition) is 0. The van der Waals surface area contributed by atoms with Crippen LogP contribution in [0.2, 0.25) is 0 Å². The first kappa shape index (κ1) is 12.0. The number of hydrogen-bond acceptors (Lipinski definition) is 9. The van der Waals surface area contributed by atoms with Gasteiger partial charge in [-0.25, -0.2) is 4.63 Å². The predicted octanol–water partition coefficient (Wildman–Crippen LogP) is 2.44. The van der Waals surface area contributed by atoms with Gasteiger partial charge in [-0.1, -0.05) is 23.1 Å². The second-order valence-corrected chi connectivity index (χ2v) is 5.96. The average molecular weight is 295 g/mol. The van der Waals surface area contributed by atoms with Crippen LogP contribution < -0.4 is 0 Å². The van der Waals surface area contributed by atoms with Crippen LogP contribution in [0.15, 0.2) is 26.0 Å². The Kier molecular flexibility index (Phi) is 2.87. The number of fused-ring (bicyclic) bond motifs is 1. The molecule has 96 valence electrons. The van der Waals surface area contributed by atoms with E-state index in [2.05, 4.69) is 25.1 Å². The summed E-state index contributed by atoms with van der Waals surface area (Å²) in [6, 6.07) is 2.98. The Hall–Kier alpha value is -2.07. The molecule has 0 bridgehead atoms. The second kappa shape index (κ2) is 4.55. The summed E-state index contributed by atoms with van der Waals surface area (Å²) in [5.41, 5.74) is 0.359. The molecule has 19 heavy (non-hydrogen) atoms. The molecule has 10 heteroatoms. The quantitative estimate of drug-likeness (QED) is 0.535. The molecule has 2 aromatic heterocycles. The van der Waals surface area contributed by atoms with Crippen LogP contribution >= 0.6 is 23.1 Å². The van der Waals surface area contributed by atoms with Gasteiger partial charge in [-0.2, -0.15) is 0 Å². The summed E-state index contributed by atoms with van der Waals surface area (Å²) in [5, 5.41) is 26.9. The van der Waals surface area contributed by atoms with E-state index in [1.165, 1.54) is 29.2 Å². The zero-order chi connectivity index (χ0) is 13.4. The van der Waals surface area contributed by atoms with Crippen molar-refractivity contribution in [2.45, 2.75) is 16.2 Å². The van der Waals surface area contributed by atoms with Crippen molar-refractivity contribution in [3.8, 4) is 0 Å². The maximum atomic E-state index is 10.9. The SMILES string of the molecule is Cc1nnc(Sc2ccc([N+](=O)[O-])c3nonc23)s1. The van der Waals surface area contributed by atoms with E-state index < -0.39 is 4.92 Å². The average Bonchev–Trinajstić information content (AvgIpc) is 2.98. The number of aromatic nitrogens is 4. The third kappa shape index (κ3) is 2.15. The molecule has 0 saturated heterocycles. The van der Waals surface area contributed by atoms with Crippen LogP contribution in [0.3, 0.4) is 0 Å². The standard InChI is InChI=1S/C9H5N5O3S2/c1-4-10-11-9(18-4)19-6-3-2-5(14(15)16)7-8(6)13-17-12-7/h2-3H,1H3. The van der Waals surface area contributed by atoms with E-state index in [0.717, 1.165) is 9.35 Å². The Labute approximate surface area is 113 Å². The van der Waals surface area contributed by atoms with Gasteiger partial charge in [-0.15, -0.1) is 10.2 Å². The molecule has 0 aliphatic carbocycles. The highest BCUT2D eigenvalue weighted by atomic mass is 32.2. The van der Waals surface area contributed by atoms with Crippen molar-refractivity contribution in [2.24, 2.45) is 0 Å². The molecule has 2 heterocycles. The third-order valence-electron chi connectivity index (χ3n) is 2.26. The summed E-state index contributed by atoms with van der Waals surface area (Å²) in [6.45, 7) is 1.85. The number of nitrogens with zero attached hydrogens (tertiary/aromatic N) is 5. The van der Waals surface area contributed by atoms with E-state index in [9.17, 15) is 10.1 Å². The van der Waals surface area contributed by atoms with E-state index in [0.29, 0.717) is 10.4 Å². The van der Waals surface area contributed by atoms with Gasteiger partial charge < -0.3 is 0 Å². The number of non-ortho nitro benzene ring substituents is 1. The molecule has 8 nitrogen and oxygen atoms in total. The summed E-state index contributed by atoms with van der Waals surface area (Å²) in [6.07, 6.45) is 0. The number of aryl methyl sites for hydroxylation is 1. The molecular formula is C9H5N5O3S2. The molecule has 0 atom stereocenters. The van der Waals surface area contributed by atoms with Crippen LogP contribution in [0, 0.1) is 17.0 Å². The molecule has 3 aromatic rings. The summed E-state index contributed by atoms with van der Waals surface area (Å²) in [5.74, 6) is 0. The van der Waals surface area contributed by atoms with Gasteiger partial charge in [-0.3, -0.25) is 10.1 Å². The van der Waals surface area contributed by atoms with E-state index in [1.54, 1.807) is 6.07 Å². The molecule has 1 aromatic carbocycles. The molecule has 3 rings (SSSR count). The second-order valence-electron chi connectivity index (χ2n) is 3.49. The van der Waals surface area contributed by atoms with Crippen molar-refractivity contribution in [3.63, 3.8) is 0 Å². The number of rotatable bonds is 3. The van der Waals surface area contributed by atoms with E-state index >= 15 is 0 Å². The Balaban J connectivity index is 2.08. The Bertz CT molecular complexity index is 768. The topological polar surface area (TPSA) is 108 Å². The lowest BCUT2D eigenvalue weighted by molar-refractivity contribution is -0.383. The molecule has 0 radical (unpaired) electrons.